The normalized spacial score (nSPS) is 17.1. The lowest BCUT2D eigenvalue weighted by molar-refractivity contribution is -0.147. The minimum atomic E-state index is -2.68. The summed E-state index contributed by atoms with van der Waals surface area (Å²) in [6.45, 7) is 2.16. The lowest BCUT2D eigenvalue weighted by Crippen LogP contribution is -2.47. The number of alkyl halides is 2. The minimum Gasteiger partial charge on any atom is -0.481 e. The number of rotatable bonds is 6. The van der Waals surface area contributed by atoms with Gasteiger partial charge in [0.1, 0.15) is 5.75 Å². The number of pyridine rings is 1. The number of hydrogen-bond acceptors (Lipinski definition) is 4. The second-order valence-electron chi connectivity index (χ2n) is 8.35. The number of nitrogens with zero attached hydrogens (tertiary/aromatic N) is 1. The van der Waals surface area contributed by atoms with E-state index in [1.807, 2.05) is 0 Å². The van der Waals surface area contributed by atoms with E-state index >= 15 is 0 Å². The molecule has 2 aromatic carbocycles. The summed E-state index contributed by atoms with van der Waals surface area (Å²) in [6.07, 6.45) is -1.04. The molecule has 2 atom stereocenters. The molecule has 1 amide bonds. The number of likely N-dealkylation sites (tertiary alicyclic amines) is 1. The van der Waals surface area contributed by atoms with Crippen LogP contribution in [-0.2, 0) is 9.59 Å². The summed E-state index contributed by atoms with van der Waals surface area (Å²) in [6, 6.07) is 10.8. The molecule has 3 aromatic rings. The highest BCUT2D eigenvalue weighted by molar-refractivity contribution is 5.97. The maximum Gasteiger partial charge on any atom is 0.308 e. The fourth-order valence-corrected chi connectivity index (χ4v) is 4.36. The van der Waals surface area contributed by atoms with Gasteiger partial charge in [0, 0.05) is 30.4 Å². The fourth-order valence-electron chi connectivity index (χ4n) is 4.36. The summed E-state index contributed by atoms with van der Waals surface area (Å²) < 4.78 is 32.9. The third kappa shape index (κ3) is 4.64. The molecule has 0 saturated carbocycles. The molecule has 1 fully saturated rings. The molecule has 0 bridgehead atoms. The molecule has 178 valence electrons. The van der Waals surface area contributed by atoms with Crippen molar-refractivity contribution in [3.8, 4) is 16.9 Å². The predicted molar refractivity (Wildman–Crippen MR) is 122 cm³/mol. The van der Waals surface area contributed by atoms with E-state index in [1.165, 1.54) is 29.3 Å². The summed E-state index contributed by atoms with van der Waals surface area (Å²) >= 11 is 0. The number of halogens is 2. The Bertz CT molecular complexity index is 1290. The van der Waals surface area contributed by atoms with Gasteiger partial charge >= 0.3 is 5.97 Å². The van der Waals surface area contributed by atoms with E-state index in [9.17, 15) is 28.3 Å². The SMILES string of the molecule is C[C@@H](Oc1ccc2c(-c3ccccc3C(F)F)c[nH]c(=O)c2c1)C(=O)N1CCC[C@H](C(=O)O)C1. The van der Waals surface area contributed by atoms with Gasteiger partial charge in [0.25, 0.3) is 17.9 Å². The van der Waals surface area contributed by atoms with Crippen LogP contribution in [0.2, 0.25) is 0 Å². The number of carboxylic acids is 1. The second kappa shape index (κ2) is 9.62. The van der Waals surface area contributed by atoms with Crippen LogP contribution in [0, 0.1) is 5.92 Å². The van der Waals surface area contributed by atoms with Crippen molar-refractivity contribution in [2.24, 2.45) is 5.92 Å². The van der Waals surface area contributed by atoms with E-state index < -0.39 is 30.0 Å². The molecule has 9 heteroatoms. The van der Waals surface area contributed by atoms with Crippen LogP contribution in [0.15, 0.2) is 53.5 Å². The number of H-pyrrole nitrogens is 1. The zero-order valence-electron chi connectivity index (χ0n) is 18.5. The second-order valence-corrected chi connectivity index (χ2v) is 8.35. The van der Waals surface area contributed by atoms with E-state index in [2.05, 4.69) is 4.98 Å². The average molecular weight is 470 g/mol. The molecule has 1 saturated heterocycles. The first-order chi connectivity index (χ1) is 16.3. The maximum absolute atomic E-state index is 13.5. The van der Waals surface area contributed by atoms with Crippen molar-refractivity contribution >= 4 is 22.6 Å². The first-order valence-electron chi connectivity index (χ1n) is 11.0. The minimum absolute atomic E-state index is 0.131. The van der Waals surface area contributed by atoms with Gasteiger partial charge in [0.15, 0.2) is 6.10 Å². The molecule has 2 N–H and O–H groups in total. The van der Waals surface area contributed by atoms with E-state index in [4.69, 9.17) is 4.74 Å². The molecular weight excluding hydrogens is 446 g/mol. The first kappa shape index (κ1) is 23.4. The quantitative estimate of drug-likeness (QED) is 0.562. The van der Waals surface area contributed by atoms with Crippen molar-refractivity contribution in [1.82, 2.24) is 9.88 Å². The topological polar surface area (TPSA) is 99.7 Å². The van der Waals surface area contributed by atoms with E-state index in [0.29, 0.717) is 35.9 Å². The Morgan fingerprint density at radius 1 is 1.15 bits per heavy atom. The molecule has 0 spiro atoms. The van der Waals surface area contributed by atoms with Crippen LogP contribution >= 0.6 is 0 Å². The number of aromatic nitrogens is 1. The number of hydrogen-bond donors (Lipinski definition) is 2. The number of amides is 1. The number of fused-ring (bicyclic) bond motifs is 1. The lowest BCUT2D eigenvalue weighted by atomic mass is 9.96. The van der Waals surface area contributed by atoms with Gasteiger partial charge in [-0.25, -0.2) is 8.78 Å². The van der Waals surface area contributed by atoms with Gasteiger partial charge in [-0.1, -0.05) is 24.3 Å². The summed E-state index contributed by atoms with van der Waals surface area (Å²) in [7, 11) is 0. The molecule has 1 aliphatic heterocycles. The Balaban J connectivity index is 1.61. The van der Waals surface area contributed by atoms with Gasteiger partial charge in [-0.15, -0.1) is 0 Å². The summed E-state index contributed by atoms with van der Waals surface area (Å²) in [5.41, 5.74) is 0.206. The summed E-state index contributed by atoms with van der Waals surface area (Å²) in [5, 5.41) is 9.96. The Morgan fingerprint density at radius 3 is 2.65 bits per heavy atom. The average Bonchev–Trinajstić information content (AvgIpc) is 2.84. The van der Waals surface area contributed by atoms with Gasteiger partial charge in [-0.2, -0.15) is 0 Å². The van der Waals surface area contributed by atoms with Crippen molar-refractivity contribution in [1.29, 1.82) is 0 Å². The maximum atomic E-state index is 13.5. The highest BCUT2D eigenvalue weighted by Crippen LogP contribution is 2.35. The van der Waals surface area contributed by atoms with Gasteiger partial charge in [-0.3, -0.25) is 14.4 Å². The number of ether oxygens (including phenoxy) is 1. The molecule has 4 rings (SSSR count). The van der Waals surface area contributed by atoms with Crippen LogP contribution < -0.4 is 10.3 Å². The summed E-state index contributed by atoms with van der Waals surface area (Å²) in [4.78, 5) is 40.7. The molecule has 1 aromatic heterocycles. The number of carbonyl (C=O) groups is 2. The van der Waals surface area contributed by atoms with Crippen molar-refractivity contribution in [3.63, 3.8) is 0 Å². The first-order valence-corrected chi connectivity index (χ1v) is 11.0. The van der Waals surface area contributed by atoms with Crippen LogP contribution in [-0.4, -0.2) is 46.1 Å². The lowest BCUT2D eigenvalue weighted by Gasteiger charge is -2.32. The van der Waals surface area contributed by atoms with Gasteiger partial charge in [0.05, 0.1) is 11.3 Å². The van der Waals surface area contributed by atoms with Crippen LogP contribution in [0.3, 0.4) is 0 Å². The molecule has 0 radical (unpaired) electrons. The summed E-state index contributed by atoms with van der Waals surface area (Å²) in [5.74, 6) is -1.59. The predicted octanol–water partition coefficient (Wildman–Crippen LogP) is 4.22. The Kier molecular flexibility index (Phi) is 6.63. The smallest absolute Gasteiger partial charge is 0.308 e. The monoisotopic (exact) mass is 470 g/mol. The standard InChI is InChI=1S/C25H24F2N2O5/c1-14(24(31)29-10-4-5-15(13-29)25(32)33)34-16-8-9-18-20(11-16)23(30)28-12-21(18)17-6-2-3-7-19(17)22(26)27/h2-3,6-9,11-12,14-15,22H,4-5,10,13H2,1H3,(H,28,30)(H,32,33)/t14-,15+/m1/s1. The number of benzene rings is 2. The van der Waals surface area contributed by atoms with E-state index in [0.717, 1.165) is 0 Å². The number of nitrogens with one attached hydrogen (secondary N) is 1. The molecule has 1 aliphatic rings. The molecule has 0 unspecified atom stereocenters. The molecule has 7 nitrogen and oxygen atoms in total. The number of piperidine rings is 1. The third-order valence-corrected chi connectivity index (χ3v) is 6.10. The van der Waals surface area contributed by atoms with Crippen molar-refractivity contribution in [2.75, 3.05) is 13.1 Å². The van der Waals surface area contributed by atoms with Gasteiger partial charge < -0.3 is 19.7 Å². The largest absolute Gasteiger partial charge is 0.481 e. The third-order valence-electron chi connectivity index (χ3n) is 6.10. The molecular formula is C25H24F2N2O5. The fraction of sp³-hybridized carbons (Fsp3) is 0.320. The molecule has 0 aliphatic carbocycles. The Labute approximate surface area is 194 Å². The highest BCUT2D eigenvalue weighted by Gasteiger charge is 2.31. The van der Waals surface area contributed by atoms with Crippen LogP contribution in [0.5, 0.6) is 5.75 Å². The van der Waals surface area contributed by atoms with Crippen LogP contribution in [0.4, 0.5) is 8.78 Å². The van der Waals surface area contributed by atoms with E-state index in [1.54, 1.807) is 31.2 Å². The number of aliphatic carboxylic acids is 1. The van der Waals surface area contributed by atoms with E-state index in [-0.39, 0.29) is 29.2 Å². The Hall–Kier alpha value is -3.75. The van der Waals surface area contributed by atoms with Crippen molar-refractivity contribution in [2.45, 2.75) is 32.3 Å². The van der Waals surface area contributed by atoms with Gasteiger partial charge in [0.2, 0.25) is 0 Å². The Morgan fingerprint density at radius 2 is 1.91 bits per heavy atom. The molecule has 34 heavy (non-hydrogen) atoms. The zero-order valence-corrected chi connectivity index (χ0v) is 18.5. The van der Waals surface area contributed by atoms with Crippen LogP contribution in [0.25, 0.3) is 21.9 Å². The van der Waals surface area contributed by atoms with Crippen molar-refractivity contribution in [3.05, 3.63) is 64.6 Å². The van der Waals surface area contributed by atoms with Gasteiger partial charge in [-0.05, 0) is 48.9 Å². The highest BCUT2D eigenvalue weighted by atomic mass is 19.3. The number of carboxylic acid groups (broad SMARTS) is 1. The molecule has 2 heterocycles. The number of carbonyl (C=O) groups excluding carboxylic acids is 1. The van der Waals surface area contributed by atoms with Crippen molar-refractivity contribution < 1.29 is 28.2 Å². The number of aromatic amines is 1. The van der Waals surface area contributed by atoms with Crippen LogP contribution in [0.1, 0.15) is 31.8 Å². The zero-order chi connectivity index (χ0) is 24.4.